The summed E-state index contributed by atoms with van der Waals surface area (Å²) in [6.45, 7) is 4.50. The van der Waals surface area contributed by atoms with Gasteiger partial charge in [0.1, 0.15) is 0 Å². The predicted octanol–water partition coefficient (Wildman–Crippen LogP) is -3.72. The maximum Gasteiger partial charge on any atom is 2.00 e. The van der Waals surface area contributed by atoms with E-state index in [0.29, 0.717) is 0 Å². The Kier molecular flexibility index (Phi) is 39.7. The van der Waals surface area contributed by atoms with E-state index < -0.39 is 0 Å². The average molecular weight is 233 g/mol. The zero-order chi connectivity index (χ0) is 7.66. The van der Waals surface area contributed by atoms with Crippen LogP contribution in [-0.2, 0) is 21.6 Å². The molecule has 0 heterocycles. The zero-order valence-electron chi connectivity index (χ0n) is 7.14. The van der Waals surface area contributed by atoms with Crippen molar-refractivity contribution < 1.29 is 31.0 Å². The Morgan fingerprint density at radius 3 is 1.00 bits per heavy atom. The summed E-state index contributed by atoms with van der Waals surface area (Å²) in [5.74, 6) is 0. The Hall–Kier alpha value is -0.484. The number of allylic oxidation sites excluding steroid dienone is 4. The molecule has 0 bridgehead atoms. The van der Waals surface area contributed by atoms with E-state index >= 15 is 0 Å². The molecule has 13 heavy (non-hydrogen) atoms. The molecule has 0 atom stereocenters. The van der Waals surface area contributed by atoms with E-state index in [1.54, 1.807) is 0 Å². The molecule has 0 amide bonds. The molecule has 0 aromatic carbocycles. The summed E-state index contributed by atoms with van der Waals surface area (Å²) in [6.07, 6.45) is 14.0. The van der Waals surface area contributed by atoms with Crippen LogP contribution >= 0.6 is 0 Å². The molecule has 0 saturated carbocycles. The van der Waals surface area contributed by atoms with Crippen molar-refractivity contribution >= 4 is 6.79 Å². The third-order valence-electron chi connectivity index (χ3n) is 1.33. The molecule has 1 aliphatic rings. The topological polar surface area (TPSA) is 17.1 Å². The van der Waals surface area contributed by atoms with Crippen LogP contribution in [0.2, 0.25) is 0 Å². The van der Waals surface area contributed by atoms with Gasteiger partial charge in [0, 0.05) is 0 Å². The van der Waals surface area contributed by atoms with Crippen molar-refractivity contribution in [2.45, 2.75) is 25.7 Å². The molecule has 3 radical (unpaired) electrons. The molecule has 0 spiro atoms. The second-order valence-electron chi connectivity index (χ2n) is 2.10. The van der Waals surface area contributed by atoms with E-state index in [2.05, 4.69) is 31.1 Å². The molecule has 4 heteroatoms. The summed E-state index contributed by atoms with van der Waals surface area (Å²) < 4.78 is 0. The largest absolute Gasteiger partial charge is 2.00 e. The van der Waals surface area contributed by atoms with Gasteiger partial charge in [-0.3, -0.25) is 4.79 Å². The number of rotatable bonds is 0. The molecule has 1 aliphatic carbocycles. The van der Waals surface area contributed by atoms with Crippen LogP contribution < -0.4 is 9.41 Å². The molecule has 0 aromatic heterocycles. The number of hydrogen-bond acceptors (Lipinski definition) is 1. The molecule has 0 N–H and O–H groups in total. The van der Waals surface area contributed by atoms with Gasteiger partial charge in [0.25, 0.3) is 6.79 Å². The summed E-state index contributed by atoms with van der Waals surface area (Å²) >= 11 is 0. The number of halogens is 2. The van der Waals surface area contributed by atoms with Crippen molar-refractivity contribution in [1.82, 2.24) is 0 Å². The maximum absolute atomic E-state index is 7.50. The first-order valence-electron chi connectivity index (χ1n) is 3.50. The number of carbonyl (C=O) groups excluding carboxylic acids is 1. The van der Waals surface area contributed by atoms with Crippen molar-refractivity contribution in [1.29, 1.82) is 0 Å². The summed E-state index contributed by atoms with van der Waals surface area (Å²) in [4.78, 5) is 7.50. The summed E-state index contributed by atoms with van der Waals surface area (Å²) in [5.41, 5.74) is 0. The Bertz CT molecular complexity index is 101. The van der Waals surface area contributed by atoms with Gasteiger partial charge in [-0.15, -0.1) is 0 Å². The van der Waals surface area contributed by atoms with Gasteiger partial charge in [-0.05, 0) is 25.7 Å². The first-order chi connectivity index (χ1) is 5.00. The fourth-order valence-electron chi connectivity index (χ4n) is 0.856. The third-order valence-corrected chi connectivity index (χ3v) is 1.33. The fourth-order valence-corrected chi connectivity index (χ4v) is 0.856. The van der Waals surface area contributed by atoms with Gasteiger partial charge in [0.2, 0.25) is 0 Å². The molecule has 0 saturated heterocycles. The van der Waals surface area contributed by atoms with Gasteiger partial charge in [-0.1, -0.05) is 24.3 Å². The molecule has 1 rings (SSSR count). The van der Waals surface area contributed by atoms with E-state index in [-0.39, 0.29) is 26.2 Å². The maximum atomic E-state index is 7.50. The van der Waals surface area contributed by atoms with Crippen LogP contribution in [0.4, 0.5) is 0 Å². The van der Waals surface area contributed by atoms with E-state index in [1.807, 2.05) is 0 Å². The summed E-state index contributed by atoms with van der Waals surface area (Å²) in [6, 6.07) is 0. The fraction of sp³-hybridized carbons (Fsp3) is 0.444. The second-order valence-corrected chi connectivity index (χ2v) is 2.10. The monoisotopic (exact) mass is 233 g/mol. The van der Waals surface area contributed by atoms with E-state index in [0.717, 1.165) is 0 Å². The average Bonchev–Trinajstić information content (AvgIpc) is 1.90. The van der Waals surface area contributed by atoms with Gasteiger partial charge in [-0.25, -0.2) is 0 Å². The normalized spacial score (nSPS) is 17.5. The molecule has 0 fully saturated rings. The van der Waals surface area contributed by atoms with Gasteiger partial charge in [0.05, 0.1) is 0 Å². The van der Waals surface area contributed by atoms with Gasteiger partial charge < -0.3 is 9.41 Å². The molecule has 0 unspecified atom stereocenters. The minimum absolute atomic E-state index is 0. The smallest absolute Gasteiger partial charge is 1.00 e. The van der Waals surface area contributed by atoms with Crippen molar-refractivity contribution in [3.05, 3.63) is 24.3 Å². The van der Waals surface area contributed by atoms with Crippen molar-refractivity contribution in [2.24, 2.45) is 0 Å². The molecule has 0 aromatic rings. The predicted molar refractivity (Wildman–Crippen MR) is 42.4 cm³/mol. The van der Waals surface area contributed by atoms with Crippen LogP contribution in [0.5, 0.6) is 0 Å². The van der Waals surface area contributed by atoms with Crippen LogP contribution in [0.25, 0.3) is 0 Å². The SMILES string of the molecule is C1=C\CC/C=C\CC/1.[C]=O.[Co+2].[F-].[F-]. The number of hydrogen-bond donors (Lipinski definition) is 0. The van der Waals surface area contributed by atoms with Crippen LogP contribution in [0.1, 0.15) is 25.7 Å². The van der Waals surface area contributed by atoms with Crippen LogP contribution in [-0.4, -0.2) is 6.79 Å². The van der Waals surface area contributed by atoms with Gasteiger partial charge in [-0.2, -0.15) is 0 Å². The minimum atomic E-state index is 0. The summed E-state index contributed by atoms with van der Waals surface area (Å²) in [5, 5.41) is 0. The molecular weight excluding hydrogens is 221 g/mol. The zero-order valence-corrected chi connectivity index (χ0v) is 8.18. The summed E-state index contributed by atoms with van der Waals surface area (Å²) in [7, 11) is 0. The second kappa shape index (κ2) is 22.5. The van der Waals surface area contributed by atoms with Crippen molar-refractivity contribution in [2.75, 3.05) is 0 Å². The van der Waals surface area contributed by atoms with Crippen LogP contribution in [0.15, 0.2) is 24.3 Å². The molecule has 0 aliphatic heterocycles. The Balaban J connectivity index is -0.0000000761. The van der Waals surface area contributed by atoms with Gasteiger partial charge in [0.15, 0.2) is 0 Å². The van der Waals surface area contributed by atoms with Crippen LogP contribution in [0, 0.1) is 0 Å². The van der Waals surface area contributed by atoms with Crippen molar-refractivity contribution in [3.63, 3.8) is 0 Å². The Labute approximate surface area is 88.2 Å². The standard InChI is InChI=1S/C8H12.CO.Co.2FH/c1-2-4-6-8-7-5-3-1;1-2;;;/h1-2,7-8H,3-6H2;;;2*1H/q;;+2;;/p-2/b2-1-,8-7-;;;;. The first kappa shape index (κ1) is 22.9. The molecular formula is C9H12CoF2O. The van der Waals surface area contributed by atoms with Gasteiger partial charge >= 0.3 is 16.8 Å². The third kappa shape index (κ3) is 18.5. The van der Waals surface area contributed by atoms with Crippen LogP contribution in [0.3, 0.4) is 0 Å². The van der Waals surface area contributed by atoms with E-state index in [1.165, 1.54) is 25.7 Å². The Morgan fingerprint density at radius 1 is 0.692 bits per heavy atom. The quantitative estimate of drug-likeness (QED) is 0.393. The minimum Gasteiger partial charge on any atom is -1.00 e. The molecule has 1 nitrogen and oxygen atoms in total. The molecule has 77 valence electrons. The van der Waals surface area contributed by atoms with E-state index in [9.17, 15) is 0 Å². The first-order valence-corrected chi connectivity index (χ1v) is 3.50. The van der Waals surface area contributed by atoms with E-state index in [4.69, 9.17) is 4.79 Å². The Morgan fingerprint density at radius 2 is 0.846 bits per heavy atom. The van der Waals surface area contributed by atoms with Crippen molar-refractivity contribution in [3.8, 4) is 0 Å².